The molecule has 0 atom stereocenters. The van der Waals surface area contributed by atoms with Crippen LogP contribution in [0, 0.1) is 0 Å². The highest BCUT2D eigenvalue weighted by Gasteiger charge is 2.32. The fourth-order valence-electron chi connectivity index (χ4n) is 2.40. The van der Waals surface area contributed by atoms with Crippen LogP contribution in [0.3, 0.4) is 0 Å². The van der Waals surface area contributed by atoms with Gasteiger partial charge in [0, 0.05) is 26.0 Å². The molecule has 1 aromatic carbocycles. The van der Waals surface area contributed by atoms with E-state index in [1.165, 1.54) is 22.8 Å². The topological polar surface area (TPSA) is 53.5 Å². The number of fused-ring (bicyclic) bond motifs is 1. The molecule has 7 heteroatoms. The molecule has 5 nitrogen and oxygen atoms in total. The van der Waals surface area contributed by atoms with Crippen LogP contribution < -0.4 is 9.21 Å². The van der Waals surface area contributed by atoms with Gasteiger partial charge in [-0.25, -0.2) is 8.42 Å². The Morgan fingerprint density at radius 2 is 1.86 bits per heavy atom. The van der Waals surface area contributed by atoms with Crippen LogP contribution in [0.5, 0.6) is 0 Å². The van der Waals surface area contributed by atoms with E-state index in [-0.39, 0.29) is 9.92 Å². The minimum atomic E-state index is -3.72. The minimum Gasteiger partial charge on any atom is -0.371 e. The fourth-order valence-corrected chi connectivity index (χ4v) is 4.28. The number of aromatic nitrogens is 1. The molecule has 0 radical (unpaired) electrons. The van der Waals surface area contributed by atoms with Crippen molar-refractivity contribution in [1.29, 1.82) is 0 Å². The molecule has 0 saturated carbocycles. The lowest BCUT2D eigenvalue weighted by Gasteiger charge is -2.36. The van der Waals surface area contributed by atoms with Crippen molar-refractivity contribution in [2.75, 3.05) is 29.3 Å². The van der Waals surface area contributed by atoms with Crippen molar-refractivity contribution in [3.63, 3.8) is 0 Å². The normalized spacial score (nSPS) is 15.0. The molecule has 0 fully saturated rings. The van der Waals surface area contributed by atoms with E-state index in [1.54, 1.807) is 6.07 Å². The van der Waals surface area contributed by atoms with Crippen molar-refractivity contribution in [3.8, 4) is 0 Å². The second-order valence-electron chi connectivity index (χ2n) is 4.79. The van der Waals surface area contributed by atoms with Gasteiger partial charge in [0.15, 0.2) is 0 Å². The number of rotatable bonds is 2. The second-order valence-corrected chi connectivity index (χ2v) is 7.03. The monoisotopic (exact) mass is 323 g/mol. The smallest absolute Gasteiger partial charge is 0.267 e. The average Bonchev–Trinajstić information content (AvgIpc) is 2.48. The summed E-state index contributed by atoms with van der Waals surface area (Å²) in [5.74, 6) is 0. The number of halogens is 1. The molecule has 21 heavy (non-hydrogen) atoms. The van der Waals surface area contributed by atoms with E-state index in [0.717, 1.165) is 5.69 Å². The summed E-state index contributed by atoms with van der Waals surface area (Å²) < 4.78 is 27.1. The first-order chi connectivity index (χ1) is 10.0. The zero-order valence-electron chi connectivity index (χ0n) is 11.4. The van der Waals surface area contributed by atoms with Crippen molar-refractivity contribution < 1.29 is 8.42 Å². The summed E-state index contributed by atoms with van der Waals surface area (Å²) in [5, 5.41) is 0.182. The third-order valence-corrected chi connectivity index (χ3v) is 5.78. The Kier molecular flexibility index (Phi) is 3.51. The van der Waals surface area contributed by atoms with Crippen molar-refractivity contribution in [3.05, 3.63) is 47.7 Å². The highest BCUT2D eigenvalue weighted by atomic mass is 35.5. The molecule has 110 valence electrons. The molecule has 0 bridgehead atoms. The number of para-hydroxylation sites is 2. The number of nitrogens with zero attached hydrogens (tertiary/aromatic N) is 3. The predicted molar refractivity (Wildman–Crippen MR) is 83.5 cm³/mol. The van der Waals surface area contributed by atoms with Gasteiger partial charge in [0.2, 0.25) is 0 Å². The summed E-state index contributed by atoms with van der Waals surface area (Å²) in [6.07, 6.45) is 2.76. The predicted octanol–water partition coefficient (Wildman–Crippen LogP) is 2.38. The Balaban J connectivity index is 2.14. The van der Waals surface area contributed by atoms with Gasteiger partial charge in [-0.2, -0.15) is 0 Å². The molecule has 1 aliphatic heterocycles. The number of benzene rings is 1. The maximum absolute atomic E-state index is 12.9. The van der Waals surface area contributed by atoms with Gasteiger partial charge in [-0.1, -0.05) is 23.7 Å². The lowest BCUT2D eigenvalue weighted by Crippen LogP contribution is -2.42. The fraction of sp³-hybridized carbons (Fsp3) is 0.214. The number of likely N-dealkylation sites (N-methyl/N-ethyl adjacent to an activating group) is 1. The molecule has 0 aliphatic carbocycles. The minimum absolute atomic E-state index is 0.0334. The maximum Gasteiger partial charge on any atom is 0.267 e. The van der Waals surface area contributed by atoms with E-state index in [2.05, 4.69) is 4.98 Å². The van der Waals surface area contributed by atoms with Crippen LogP contribution in [0.4, 0.5) is 11.4 Å². The summed E-state index contributed by atoms with van der Waals surface area (Å²) >= 11 is 6.03. The molecule has 1 aromatic heterocycles. The number of hydrogen-bond donors (Lipinski definition) is 0. The Morgan fingerprint density at radius 1 is 1.14 bits per heavy atom. The molecule has 0 unspecified atom stereocenters. The lowest BCUT2D eigenvalue weighted by atomic mass is 10.2. The molecule has 2 aromatic rings. The first-order valence-corrected chi connectivity index (χ1v) is 8.26. The zero-order chi connectivity index (χ0) is 15.0. The van der Waals surface area contributed by atoms with Crippen LogP contribution in [0.25, 0.3) is 0 Å². The van der Waals surface area contributed by atoms with E-state index < -0.39 is 10.0 Å². The van der Waals surface area contributed by atoms with Gasteiger partial charge in [0.25, 0.3) is 10.0 Å². The van der Waals surface area contributed by atoms with Gasteiger partial charge >= 0.3 is 0 Å². The number of sulfonamides is 1. The van der Waals surface area contributed by atoms with Crippen molar-refractivity contribution in [2.24, 2.45) is 0 Å². The van der Waals surface area contributed by atoms with E-state index in [0.29, 0.717) is 18.8 Å². The molecule has 0 spiro atoms. The van der Waals surface area contributed by atoms with Gasteiger partial charge < -0.3 is 4.90 Å². The molecular weight excluding hydrogens is 310 g/mol. The Labute approximate surface area is 128 Å². The summed E-state index contributed by atoms with van der Waals surface area (Å²) in [7, 11) is -1.77. The van der Waals surface area contributed by atoms with Gasteiger partial charge in [-0.15, -0.1) is 0 Å². The zero-order valence-corrected chi connectivity index (χ0v) is 13.0. The molecule has 3 rings (SSSR count). The van der Waals surface area contributed by atoms with Gasteiger partial charge in [-0.3, -0.25) is 9.29 Å². The van der Waals surface area contributed by atoms with E-state index >= 15 is 0 Å². The highest BCUT2D eigenvalue weighted by molar-refractivity contribution is 7.93. The van der Waals surface area contributed by atoms with Crippen molar-refractivity contribution >= 4 is 33.0 Å². The summed E-state index contributed by atoms with van der Waals surface area (Å²) in [4.78, 5) is 5.94. The van der Waals surface area contributed by atoms with E-state index in [1.807, 2.05) is 30.1 Å². The Morgan fingerprint density at radius 3 is 2.57 bits per heavy atom. The number of pyridine rings is 1. The Hall–Kier alpha value is -1.79. The standard InChI is InChI=1S/C14H14ClN3O2S/c1-17-8-9-18(13-5-3-2-4-12(13)17)21(19,20)14-10-16-7-6-11(14)15/h2-7,10H,8-9H2,1H3. The second kappa shape index (κ2) is 5.20. The van der Waals surface area contributed by atoms with Crippen LogP contribution in [0.1, 0.15) is 0 Å². The largest absolute Gasteiger partial charge is 0.371 e. The first-order valence-electron chi connectivity index (χ1n) is 6.44. The van der Waals surface area contributed by atoms with Crippen molar-refractivity contribution in [1.82, 2.24) is 4.98 Å². The van der Waals surface area contributed by atoms with Crippen LogP contribution in [0.15, 0.2) is 47.6 Å². The third-order valence-electron chi connectivity index (χ3n) is 3.50. The highest BCUT2D eigenvalue weighted by Crippen LogP contribution is 2.36. The maximum atomic E-state index is 12.9. The summed E-state index contributed by atoms with van der Waals surface area (Å²) in [5.41, 5.74) is 1.54. The summed E-state index contributed by atoms with van der Waals surface area (Å²) in [6.45, 7) is 0.995. The SMILES string of the molecule is CN1CCN(S(=O)(=O)c2cnccc2Cl)c2ccccc21. The molecule has 2 heterocycles. The Bertz CT molecular complexity index is 779. The molecule has 1 aliphatic rings. The molecule has 0 N–H and O–H groups in total. The van der Waals surface area contributed by atoms with Gasteiger partial charge in [0.05, 0.1) is 22.9 Å². The van der Waals surface area contributed by atoms with E-state index in [9.17, 15) is 8.42 Å². The van der Waals surface area contributed by atoms with Crippen LogP contribution in [-0.4, -0.2) is 33.5 Å². The quantitative estimate of drug-likeness (QED) is 0.851. The third kappa shape index (κ3) is 2.34. The van der Waals surface area contributed by atoms with Gasteiger partial charge in [-0.05, 0) is 18.2 Å². The average molecular weight is 324 g/mol. The van der Waals surface area contributed by atoms with Gasteiger partial charge in [0.1, 0.15) is 4.90 Å². The summed E-state index contributed by atoms with van der Waals surface area (Å²) in [6, 6.07) is 8.90. The van der Waals surface area contributed by atoms with E-state index in [4.69, 9.17) is 11.6 Å². The van der Waals surface area contributed by atoms with Crippen LogP contribution in [0.2, 0.25) is 5.02 Å². The molecular formula is C14H14ClN3O2S. The van der Waals surface area contributed by atoms with Crippen LogP contribution >= 0.6 is 11.6 Å². The first kappa shape index (κ1) is 14.2. The lowest BCUT2D eigenvalue weighted by molar-refractivity contribution is 0.589. The molecule has 0 saturated heterocycles. The molecule has 0 amide bonds. The van der Waals surface area contributed by atoms with Crippen LogP contribution in [-0.2, 0) is 10.0 Å². The number of anilines is 2. The van der Waals surface area contributed by atoms with Crippen molar-refractivity contribution in [2.45, 2.75) is 4.90 Å². The number of hydrogen-bond acceptors (Lipinski definition) is 4.